The molecule has 0 fully saturated rings. The van der Waals surface area contributed by atoms with E-state index in [0.717, 1.165) is 60.6 Å². The van der Waals surface area contributed by atoms with Crippen LogP contribution in [0.5, 0.6) is 0 Å². The van der Waals surface area contributed by atoms with Crippen LogP contribution in [0.1, 0.15) is 23.6 Å². The molecule has 0 bridgehead atoms. The van der Waals surface area contributed by atoms with E-state index in [9.17, 15) is 4.39 Å². The normalized spacial score (nSPS) is 15.9. The molecule has 0 saturated carbocycles. The van der Waals surface area contributed by atoms with Gasteiger partial charge in [0.2, 0.25) is 5.95 Å². The summed E-state index contributed by atoms with van der Waals surface area (Å²) in [4.78, 5) is 6.42. The molecular weight excluding hydrogens is 399 g/mol. The Morgan fingerprint density at radius 1 is 1.03 bits per heavy atom. The Morgan fingerprint density at radius 2 is 1.78 bits per heavy atom. The number of nitrogens with zero attached hydrogens (tertiary/aromatic N) is 2. The summed E-state index contributed by atoms with van der Waals surface area (Å²) in [6.07, 6.45) is 3.18. The molecule has 3 aromatic rings. The maximum atomic E-state index is 14.8. The van der Waals surface area contributed by atoms with Gasteiger partial charge in [0.25, 0.3) is 0 Å². The molecule has 2 aliphatic rings. The van der Waals surface area contributed by atoms with Crippen molar-refractivity contribution in [2.45, 2.75) is 13.3 Å². The molecule has 0 saturated heterocycles. The Morgan fingerprint density at radius 3 is 2.53 bits per heavy atom. The van der Waals surface area contributed by atoms with E-state index in [1.165, 1.54) is 16.7 Å². The van der Waals surface area contributed by atoms with Crippen molar-refractivity contribution in [2.75, 3.05) is 31.9 Å². The van der Waals surface area contributed by atoms with Crippen molar-refractivity contribution in [1.29, 1.82) is 0 Å². The number of fused-ring (bicyclic) bond motifs is 1. The van der Waals surface area contributed by atoms with E-state index in [-0.39, 0.29) is 5.82 Å². The summed E-state index contributed by atoms with van der Waals surface area (Å²) in [5, 5.41) is 3.29. The summed E-state index contributed by atoms with van der Waals surface area (Å²) in [7, 11) is 0. The average molecular weight is 427 g/mol. The lowest BCUT2D eigenvalue weighted by Crippen LogP contribution is -2.21. The van der Waals surface area contributed by atoms with E-state index in [1.54, 1.807) is 0 Å². The summed E-state index contributed by atoms with van der Waals surface area (Å²) in [5.74, 6) is -0.349. The van der Waals surface area contributed by atoms with Crippen molar-refractivity contribution in [2.24, 2.45) is 0 Å². The number of hydrogen-bond acceptors (Lipinski definition) is 4. The van der Waals surface area contributed by atoms with Crippen molar-refractivity contribution in [3.8, 4) is 22.3 Å². The Labute approximate surface area is 188 Å². The first-order valence-corrected chi connectivity index (χ1v) is 11.1. The molecule has 0 radical (unpaired) electrons. The lowest BCUT2D eigenvalue weighted by molar-refractivity contribution is 0.376. The number of benzene rings is 2. The van der Waals surface area contributed by atoms with Gasteiger partial charge in [0.1, 0.15) is 5.82 Å². The van der Waals surface area contributed by atoms with Crippen LogP contribution in [0.2, 0.25) is 0 Å². The Kier molecular flexibility index (Phi) is 5.27. The van der Waals surface area contributed by atoms with E-state index in [2.05, 4.69) is 53.0 Å². The molecule has 1 aromatic heterocycles. The zero-order chi connectivity index (χ0) is 22.2. The lowest BCUT2D eigenvalue weighted by atomic mass is 9.93. The molecule has 0 amide bonds. The van der Waals surface area contributed by atoms with Crippen LogP contribution < -0.4 is 11.1 Å². The second kappa shape index (κ2) is 8.24. The average Bonchev–Trinajstić information content (AvgIpc) is 3.29. The fourth-order valence-electron chi connectivity index (χ4n) is 4.57. The number of rotatable bonds is 4. The van der Waals surface area contributed by atoms with Crippen LogP contribution in [0.3, 0.4) is 0 Å². The van der Waals surface area contributed by atoms with Crippen molar-refractivity contribution < 1.29 is 4.39 Å². The maximum absolute atomic E-state index is 14.8. The first-order valence-electron chi connectivity index (χ1n) is 11.1. The first kappa shape index (κ1) is 20.5. The van der Waals surface area contributed by atoms with E-state index < -0.39 is 5.95 Å². The van der Waals surface area contributed by atoms with Crippen molar-refractivity contribution in [3.63, 3.8) is 0 Å². The van der Waals surface area contributed by atoms with Gasteiger partial charge in [-0.3, -0.25) is 4.90 Å². The molecule has 5 rings (SSSR count). The fraction of sp³-hybridized carbons (Fsp3) is 0.222. The third-order valence-corrected chi connectivity index (χ3v) is 6.48. The van der Waals surface area contributed by atoms with E-state index in [1.807, 2.05) is 30.3 Å². The molecule has 4 nitrogen and oxygen atoms in total. The molecule has 0 unspecified atom stereocenters. The summed E-state index contributed by atoms with van der Waals surface area (Å²) >= 11 is 0. The molecule has 2 aliphatic heterocycles. The Bertz CT molecular complexity index is 1230. The van der Waals surface area contributed by atoms with Crippen LogP contribution in [0.4, 0.5) is 10.2 Å². The molecule has 0 spiro atoms. The van der Waals surface area contributed by atoms with Crippen molar-refractivity contribution >= 4 is 17.1 Å². The zero-order valence-corrected chi connectivity index (χ0v) is 18.3. The van der Waals surface area contributed by atoms with E-state index in [0.29, 0.717) is 5.56 Å². The Hall–Kier alpha value is -3.44. The number of pyridine rings is 1. The predicted molar refractivity (Wildman–Crippen MR) is 130 cm³/mol. The molecule has 0 atom stereocenters. The van der Waals surface area contributed by atoms with Crippen LogP contribution in [-0.2, 0) is 6.42 Å². The number of anilines is 1. The maximum Gasteiger partial charge on any atom is 0.222 e. The van der Waals surface area contributed by atoms with Crippen LogP contribution >= 0.6 is 0 Å². The summed E-state index contributed by atoms with van der Waals surface area (Å²) < 4.78 is 14.8. The zero-order valence-electron chi connectivity index (χ0n) is 18.3. The largest absolute Gasteiger partial charge is 0.385 e. The minimum atomic E-state index is -0.549. The van der Waals surface area contributed by atoms with E-state index >= 15 is 0 Å². The third kappa shape index (κ3) is 3.69. The van der Waals surface area contributed by atoms with Crippen LogP contribution in [0, 0.1) is 5.95 Å². The van der Waals surface area contributed by atoms with Gasteiger partial charge < -0.3 is 11.1 Å². The second-order valence-electron chi connectivity index (χ2n) is 8.42. The number of nitrogen functional groups attached to an aromatic ring is 1. The van der Waals surface area contributed by atoms with Gasteiger partial charge in [-0.25, -0.2) is 4.98 Å². The minimum absolute atomic E-state index is 0.200. The van der Waals surface area contributed by atoms with Gasteiger partial charge >= 0.3 is 0 Å². The summed E-state index contributed by atoms with van der Waals surface area (Å²) in [5.41, 5.74) is 14.8. The van der Waals surface area contributed by atoms with Gasteiger partial charge in [-0.1, -0.05) is 62.0 Å². The minimum Gasteiger partial charge on any atom is -0.385 e. The van der Waals surface area contributed by atoms with Gasteiger partial charge in [-0.2, -0.15) is 4.39 Å². The molecule has 3 heterocycles. The van der Waals surface area contributed by atoms with Crippen LogP contribution in [-0.4, -0.2) is 36.1 Å². The number of nitrogens with two attached hydrogens (primary N) is 1. The number of nitrogens with one attached hydrogen (secondary N) is 1. The fourth-order valence-corrected chi connectivity index (χ4v) is 4.57. The second-order valence-corrected chi connectivity index (χ2v) is 8.42. The summed E-state index contributed by atoms with van der Waals surface area (Å²) in [6.45, 7) is 10.1. The monoisotopic (exact) mass is 426 g/mol. The highest BCUT2D eigenvalue weighted by Gasteiger charge is 2.18. The van der Waals surface area contributed by atoms with Crippen molar-refractivity contribution in [3.05, 3.63) is 83.8 Å². The topological polar surface area (TPSA) is 54.2 Å². The third-order valence-electron chi connectivity index (χ3n) is 6.48. The highest BCUT2D eigenvalue weighted by Crippen LogP contribution is 2.34. The molecule has 0 aliphatic carbocycles. The van der Waals surface area contributed by atoms with Gasteiger partial charge in [0.05, 0.1) is 0 Å². The molecule has 162 valence electrons. The quantitative estimate of drug-likeness (QED) is 0.578. The smallest absolute Gasteiger partial charge is 0.222 e. The van der Waals surface area contributed by atoms with Crippen LogP contribution in [0.15, 0.2) is 61.2 Å². The highest BCUT2D eigenvalue weighted by atomic mass is 19.1. The standard InChI is InChI=1S/C27H27FN4/c1-3-32-13-11-22(16-32)18-4-6-19(7-5-18)24-15-25(27(29)31-26(24)28)20-8-9-23-17(2)30-12-10-21(23)14-20/h4-9,11,14-15,30H,2-3,10,12-13,16H2,1H3,(H2,29,31). The first-order chi connectivity index (χ1) is 15.5. The van der Waals surface area contributed by atoms with E-state index in [4.69, 9.17) is 5.73 Å². The number of aromatic nitrogens is 1. The molecule has 5 heteroatoms. The Balaban J connectivity index is 1.49. The summed E-state index contributed by atoms with van der Waals surface area (Å²) in [6, 6.07) is 16.0. The molecule has 3 N–H and O–H groups in total. The van der Waals surface area contributed by atoms with Crippen molar-refractivity contribution in [1.82, 2.24) is 15.2 Å². The molecule has 2 aromatic carbocycles. The molecular formula is C27H27FN4. The number of halogens is 1. The van der Waals surface area contributed by atoms with Gasteiger partial charge in [0.15, 0.2) is 0 Å². The van der Waals surface area contributed by atoms with Gasteiger partial charge in [0, 0.05) is 42.0 Å². The predicted octanol–water partition coefficient (Wildman–Crippen LogP) is 4.97. The number of likely N-dealkylation sites (N-methyl/N-ethyl adjacent to an activating group) is 1. The SMILES string of the molecule is C=C1NCCc2cc(-c3cc(-c4ccc(C5=CCN(CC)C5)cc4)c(F)nc3N)ccc21. The lowest BCUT2D eigenvalue weighted by Gasteiger charge is -2.21. The highest BCUT2D eigenvalue weighted by molar-refractivity contribution is 5.82. The van der Waals surface area contributed by atoms with Crippen LogP contribution in [0.25, 0.3) is 33.5 Å². The van der Waals surface area contributed by atoms with Gasteiger partial charge in [-0.05, 0) is 46.9 Å². The molecule has 32 heavy (non-hydrogen) atoms. The van der Waals surface area contributed by atoms with Gasteiger partial charge in [-0.15, -0.1) is 0 Å². The number of hydrogen-bond donors (Lipinski definition) is 2.